The summed E-state index contributed by atoms with van der Waals surface area (Å²) in [7, 11) is 0. The molecule has 0 aromatic heterocycles. The van der Waals surface area contributed by atoms with Crippen molar-refractivity contribution >= 4 is 75.1 Å². The molecule has 0 amide bonds. The van der Waals surface area contributed by atoms with Gasteiger partial charge in [0.2, 0.25) is 0 Å². The van der Waals surface area contributed by atoms with E-state index < -0.39 is 136 Å². The summed E-state index contributed by atoms with van der Waals surface area (Å²) >= 11 is 0. The van der Waals surface area contributed by atoms with Crippen molar-refractivity contribution in [3.8, 4) is 0 Å². The highest BCUT2D eigenvalue weighted by Crippen LogP contribution is 2.74. The number of hydrogen-bond donors (Lipinski definition) is 12. The zero-order valence-electron chi connectivity index (χ0n) is 73.0. The molecule has 6 aromatic carbocycles. The second-order valence-electron chi connectivity index (χ2n) is 39.8. The first kappa shape index (κ1) is 91.5. The van der Waals surface area contributed by atoms with Crippen LogP contribution in [-0.4, -0.2) is 155 Å². The molecule has 23 nitrogen and oxygen atoms in total. The molecule has 676 valence electrons. The summed E-state index contributed by atoms with van der Waals surface area (Å²) in [5, 5.41) is 93.0. The van der Waals surface area contributed by atoms with Crippen LogP contribution < -0.4 is 22.1 Å². The molecule has 9 saturated carbocycles. The average molecular weight is 1740 g/mol. The number of nitrogens with two attached hydrogens (primary N) is 2. The monoisotopic (exact) mass is 1740 g/mol. The summed E-state index contributed by atoms with van der Waals surface area (Å²) in [5.74, 6) is -1.67. The molecule has 20 rings (SSSR count). The van der Waals surface area contributed by atoms with E-state index in [-0.39, 0.29) is 90.9 Å². The third-order valence-electron chi connectivity index (χ3n) is 33.2. The number of aryl methyl sites for hydroxylation is 1. The molecule has 0 unspecified atom stereocenters. The van der Waals surface area contributed by atoms with Crippen LogP contribution in [0.1, 0.15) is 177 Å². The Morgan fingerprint density at radius 2 is 0.852 bits per heavy atom. The van der Waals surface area contributed by atoms with Crippen LogP contribution in [0.3, 0.4) is 0 Å². The lowest BCUT2D eigenvalue weighted by Crippen LogP contribution is -2.63. The predicted molar refractivity (Wildman–Crippen MR) is 484 cm³/mol. The standard InChI is InChI=1S/2C34H38N2O6.C21H28O6.C15H14O.CH4/c2*1-32-13-12-24(38)14-20(32)8-11-25-26-16-29-34(28(40)18-37,33(26,2)17-27(39)30(25)32)42-31(41-29)19-6-9-22(10-7-19)36-23-5-3-4-21(35)15-23;1-19-6-5-12(23)7-11(19)3-4-13-14-8-16(25)21(27,17(26)10-22)20(14,2)9-15(24)18(13)19;1-12-3-2-4-15(9-12)10-13-5-7-14(11-16)8-6-13;/h2*3-7,9-10,12-15,25-27,29-31,36-37,39H,8,11,16-18,35H2,1-2H3;5-7,13-16,18,22,24-25,27H,3-4,8-10H2,1-2H3;2-9,11H,10H2,1H3;1H4/t25-,26-,27-,29+,30+,31+,32-,33-,34+;25-,26-,27-,29+,30+,31-,32-,33-,34+;13-,14-,15-,16+,18+,19-,20-,21-;;/m000../s1. The number of allylic oxidation sites excluding steroid dienone is 12. The van der Waals surface area contributed by atoms with Gasteiger partial charge in [0.1, 0.15) is 26.1 Å². The maximum atomic E-state index is 13.7. The van der Waals surface area contributed by atoms with E-state index in [1.807, 2.05) is 160 Å². The molecule has 14 aliphatic rings. The third kappa shape index (κ3) is 14.9. The van der Waals surface area contributed by atoms with Gasteiger partial charge in [-0.15, -0.1) is 0 Å². The molecule has 11 fully saturated rings. The van der Waals surface area contributed by atoms with Gasteiger partial charge in [0, 0.05) is 101 Å². The summed E-state index contributed by atoms with van der Waals surface area (Å²) in [6.45, 7) is 12.1. The van der Waals surface area contributed by atoms with Gasteiger partial charge >= 0.3 is 0 Å². The van der Waals surface area contributed by atoms with Crippen molar-refractivity contribution in [2.45, 2.75) is 205 Å². The molecule has 0 radical (unpaired) electrons. The van der Waals surface area contributed by atoms with E-state index in [1.165, 1.54) is 16.7 Å². The maximum absolute atomic E-state index is 13.7. The third-order valence-corrected chi connectivity index (χ3v) is 33.2. The van der Waals surface area contributed by atoms with Crippen molar-refractivity contribution < 1.29 is 93.4 Å². The van der Waals surface area contributed by atoms with Gasteiger partial charge in [-0.2, -0.15) is 0 Å². The largest absolute Gasteiger partial charge is 0.399 e. The number of carbonyl (C=O) groups is 7. The number of anilines is 6. The summed E-state index contributed by atoms with van der Waals surface area (Å²) in [4.78, 5) is 86.5. The number of aliphatic hydroxyl groups is 8. The van der Waals surface area contributed by atoms with Gasteiger partial charge < -0.3 is 81.9 Å². The van der Waals surface area contributed by atoms with Crippen molar-refractivity contribution in [1.29, 1.82) is 0 Å². The number of ketones is 6. The van der Waals surface area contributed by atoms with Crippen LogP contribution in [0, 0.1) is 92.7 Å². The minimum Gasteiger partial charge on any atom is -0.399 e. The van der Waals surface area contributed by atoms with Gasteiger partial charge in [-0.1, -0.05) is 174 Å². The Morgan fingerprint density at radius 1 is 0.469 bits per heavy atom. The van der Waals surface area contributed by atoms with Crippen LogP contribution in [0.5, 0.6) is 0 Å². The lowest BCUT2D eigenvalue weighted by atomic mass is 9.46. The number of fused-ring (bicyclic) bond motifs is 19. The Hall–Kier alpha value is -9.83. The number of rotatable bonds is 15. The van der Waals surface area contributed by atoms with Gasteiger partial charge in [0.25, 0.3) is 0 Å². The number of nitrogens with one attached hydrogen (secondary N) is 2. The van der Waals surface area contributed by atoms with Crippen LogP contribution in [0.25, 0.3) is 0 Å². The molecule has 2 aliphatic heterocycles. The SMILES string of the molecule is C.C[C@]12C=CC(=O)C=C1CC[C@@H]1[C@@H]2[C@@H](O)C[C@@]2(C)[C@H]1C[C@@H](O)[C@]2(O)C(=O)CO.C[C@]12C=CC(=O)C=C1CC[C@@H]1[C@@H]2[C@@H](O)C[C@@]2(C)[C@H]1C[C@H]1O[C@@H](c3ccc(Nc4cccc(N)c4)cc3)O[C@]12C(=O)CO.C[C@]12C=CC(=O)C=C1CC[C@@H]1[C@@H]2[C@@H](O)C[C@@]2(C)[C@H]1C[C@H]1O[C@H](c3ccc(Nc4cccc(N)c4)cc3)O[C@]12C(=O)CO.Cc1cccc(Cc2ccc(C=O)cc2)c1. The first-order chi connectivity index (χ1) is 60.5. The van der Waals surface area contributed by atoms with Crippen molar-refractivity contribution in [1.82, 2.24) is 0 Å². The topological polar surface area (TPSA) is 394 Å². The van der Waals surface area contributed by atoms with Crippen LogP contribution >= 0.6 is 0 Å². The lowest BCUT2D eigenvalue weighted by Gasteiger charge is -2.59. The summed E-state index contributed by atoms with van der Waals surface area (Å²) in [5.41, 5.74) is 17.4. The van der Waals surface area contributed by atoms with Gasteiger partial charge in [-0.3, -0.25) is 33.6 Å². The van der Waals surface area contributed by atoms with Gasteiger partial charge in [-0.25, -0.2) is 0 Å². The summed E-state index contributed by atoms with van der Waals surface area (Å²) in [6.07, 6.45) is 18.5. The number of hydrogen-bond acceptors (Lipinski definition) is 23. The highest BCUT2D eigenvalue weighted by molar-refractivity contribution is 6.02. The second-order valence-corrected chi connectivity index (χ2v) is 39.8. The highest BCUT2D eigenvalue weighted by atomic mass is 16.8. The van der Waals surface area contributed by atoms with Crippen molar-refractivity contribution in [3.63, 3.8) is 0 Å². The number of ether oxygens (including phenoxy) is 4. The number of nitrogen functional groups attached to an aromatic ring is 2. The Morgan fingerprint density at radius 3 is 1.23 bits per heavy atom. The molecule has 23 heteroatoms. The number of Topliss-reactive ketones (excluding diaryl/α,β-unsaturated/α-hetero) is 3. The maximum Gasteiger partial charge on any atom is 0.193 e. The zero-order valence-corrected chi connectivity index (χ0v) is 73.0. The smallest absolute Gasteiger partial charge is 0.193 e. The Kier molecular flexibility index (Phi) is 24.6. The molecule has 2 heterocycles. The number of aliphatic hydroxyl groups excluding tert-OH is 7. The molecule has 14 N–H and O–H groups in total. The number of aldehydes is 1. The van der Waals surface area contributed by atoms with E-state index in [4.69, 9.17) is 30.4 Å². The molecule has 12 aliphatic carbocycles. The molecular weight excluding hydrogens is 1620 g/mol. The zero-order chi connectivity index (χ0) is 90.0. The van der Waals surface area contributed by atoms with Crippen molar-refractivity contribution in [3.05, 3.63) is 250 Å². The molecule has 2 saturated heterocycles. The fraction of sp³-hybridized carbons (Fsp3) is 0.476. The van der Waals surface area contributed by atoms with E-state index >= 15 is 0 Å². The van der Waals surface area contributed by atoms with Crippen molar-refractivity contribution in [2.24, 2.45) is 85.8 Å². The van der Waals surface area contributed by atoms with Crippen LogP contribution in [-0.2, 0) is 54.1 Å². The Labute approximate surface area is 747 Å². The van der Waals surface area contributed by atoms with Crippen molar-refractivity contribution in [2.75, 3.05) is 41.9 Å². The Balaban J connectivity index is 0.000000132. The first-order valence-electron chi connectivity index (χ1n) is 45.0. The summed E-state index contributed by atoms with van der Waals surface area (Å²) < 4.78 is 26.5. The Bertz CT molecular complexity index is 5300. The normalized spacial score (nSPS) is 38.3. The van der Waals surface area contributed by atoms with E-state index in [0.29, 0.717) is 37.1 Å². The van der Waals surface area contributed by atoms with Crippen LogP contribution in [0.2, 0.25) is 0 Å². The minimum absolute atomic E-state index is 0. The molecule has 0 bridgehead atoms. The number of carbonyl (C=O) groups excluding carboxylic acids is 7. The molecule has 6 aromatic rings. The molecule has 26 atom stereocenters. The van der Waals surface area contributed by atoms with E-state index in [2.05, 4.69) is 55.7 Å². The lowest BCUT2D eigenvalue weighted by molar-refractivity contribution is -0.201. The highest BCUT2D eigenvalue weighted by Gasteiger charge is 2.79. The fourth-order valence-electron chi connectivity index (χ4n) is 27.4. The molecular formula is C105H122N4O19. The van der Waals surface area contributed by atoms with E-state index in [0.717, 1.165) is 107 Å². The van der Waals surface area contributed by atoms with E-state index in [9.17, 15) is 74.4 Å². The second kappa shape index (κ2) is 34.5. The van der Waals surface area contributed by atoms with Crippen LogP contribution in [0.15, 0.2) is 217 Å². The summed E-state index contributed by atoms with van der Waals surface area (Å²) in [6, 6.07) is 46.6. The van der Waals surface area contributed by atoms with Crippen LogP contribution in [0.4, 0.5) is 34.1 Å². The average Bonchev–Trinajstić information content (AvgIpc) is 1.54. The fourth-order valence-corrected chi connectivity index (χ4v) is 27.4. The quantitative estimate of drug-likeness (QED) is 0.0335. The predicted octanol–water partition coefficient (Wildman–Crippen LogP) is 13.8. The number of benzene rings is 6. The van der Waals surface area contributed by atoms with Gasteiger partial charge in [0.05, 0.1) is 36.6 Å². The first-order valence-corrected chi connectivity index (χ1v) is 45.0. The molecule has 0 spiro atoms. The van der Waals surface area contributed by atoms with Gasteiger partial charge in [-0.05, 0) is 234 Å². The molecule has 128 heavy (non-hydrogen) atoms. The van der Waals surface area contributed by atoms with E-state index in [1.54, 1.807) is 43.4 Å². The minimum atomic E-state index is -2.05. The van der Waals surface area contributed by atoms with Gasteiger partial charge in [0.15, 0.2) is 64.1 Å².